The van der Waals surface area contributed by atoms with Gasteiger partial charge in [-0.2, -0.15) is 5.10 Å². The van der Waals surface area contributed by atoms with Crippen LogP contribution in [0.25, 0.3) is 0 Å². The van der Waals surface area contributed by atoms with Crippen LogP contribution in [0.3, 0.4) is 0 Å². The molecule has 3 fully saturated rings. The number of imidazole rings is 1. The van der Waals surface area contributed by atoms with Crippen LogP contribution in [-0.2, 0) is 0 Å². The number of piperidine rings is 1. The van der Waals surface area contributed by atoms with Crippen LogP contribution in [0.15, 0.2) is 12.3 Å². The topological polar surface area (TPSA) is 66.8 Å². The summed E-state index contributed by atoms with van der Waals surface area (Å²) in [5.74, 6) is 2.52. The molecule has 1 N–H and O–H groups in total. The maximum Gasteiger partial charge on any atom is 0.274 e. The summed E-state index contributed by atoms with van der Waals surface area (Å²) in [7, 11) is 0. The Morgan fingerprint density at radius 2 is 2.00 bits per heavy atom. The van der Waals surface area contributed by atoms with Crippen molar-refractivity contribution in [3.63, 3.8) is 0 Å². The van der Waals surface area contributed by atoms with Crippen molar-refractivity contribution in [1.82, 2.24) is 24.6 Å². The third kappa shape index (κ3) is 2.75. The third-order valence-electron chi connectivity index (χ3n) is 6.36. The predicted octanol–water partition coefficient (Wildman–Crippen LogP) is 3.54. The van der Waals surface area contributed by atoms with Crippen molar-refractivity contribution in [3.05, 3.63) is 35.2 Å². The first kappa shape index (κ1) is 16.1. The number of amides is 1. The van der Waals surface area contributed by atoms with E-state index in [-0.39, 0.29) is 5.91 Å². The van der Waals surface area contributed by atoms with E-state index in [1.165, 1.54) is 43.6 Å². The molecule has 26 heavy (non-hydrogen) atoms. The number of nitrogens with zero attached hydrogens (tertiary/aromatic N) is 4. The number of hydrogen-bond donors (Lipinski definition) is 1. The maximum absolute atomic E-state index is 13.0. The fourth-order valence-corrected chi connectivity index (χ4v) is 4.47. The van der Waals surface area contributed by atoms with E-state index < -0.39 is 0 Å². The summed E-state index contributed by atoms with van der Waals surface area (Å²) in [6, 6.07) is 2.30. The zero-order chi connectivity index (χ0) is 17.7. The van der Waals surface area contributed by atoms with E-state index in [0.717, 1.165) is 31.6 Å². The Kier molecular flexibility index (Phi) is 3.87. The van der Waals surface area contributed by atoms with Crippen LogP contribution >= 0.6 is 0 Å². The Morgan fingerprint density at radius 3 is 2.73 bits per heavy atom. The average Bonchev–Trinajstić information content (AvgIpc) is 3.22. The Balaban J connectivity index is 1.34. The highest BCUT2D eigenvalue weighted by atomic mass is 16.2. The molecule has 5 rings (SSSR count). The van der Waals surface area contributed by atoms with Crippen molar-refractivity contribution in [2.45, 2.75) is 69.7 Å². The van der Waals surface area contributed by atoms with Crippen molar-refractivity contribution in [3.8, 4) is 0 Å². The van der Waals surface area contributed by atoms with Crippen LogP contribution in [0.1, 0.15) is 90.5 Å². The molecule has 1 atom stereocenters. The number of nitrogens with one attached hydrogen (secondary N) is 1. The van der Waals surface area contributed by atoms with Crippen molar-refractivity contribution < 1.29 is 4.79 Å². The number of hydrogen-bond acceptors (Lipinski definition) is 3. The molecule has 2 aromatic heterocycles. The molecule has 2 saturated carbocycles. The maximum atomic E-state index is 13.0. The van der Waals surface area contributed by atoms with Crippen LogP contribution in [0.4, 0.5) is 0 Å². The van der Waals surface area contributed by atoms with Gasteiger partial charge in [-0.15, -0.1) is 0 Å². The summed E-state index contributed by atoms with van der Waals surface area (Å²) in [4.78, 5) is 19.7. The first-order chi connectivity index (χ1) is 12.7. The summed E-state index contributed by atoms with van der Waals surface area (Å²) in [5, 5.41) is 7.35. The second-order valence-electron chi connectivity index (χ2n) is 8.29. The number of carbonyl (C=O) groups is 1. The Labute approximate surface area is 154 Å². The standard InChI is InChI=1S/C20H27N5O/c1-13-11-21-19(15-4-2-5-15)25(13)16-6-3-9-24(12-16)20(26)18-10-17(22-23-18)14-7-8-14/h10-11,14-16H,2-9,12H2,1H3,(H,22,23). The van der Waals surface area contributed by atoms with Crippen LogP contribution < -0.4 is 0 Å². The number of carbonyl (C=O) groups excluding carboxylic acids is 1. The lowest BCUT2D eigenvalue weighted by atomic mass is 9.84. The van der Waals surface area contributed by atoms with E-state index in [2.05, 4.69) is 21.7 Å². The number of H-pyrrole nitrogens is 1. The lowest BCUT2D eigenvalue weighted by Crippen LogP contribution is -2.41. The number of aromatic nitrogens is 4. The van der Waals surface area contributed by atoms with Gasteiger partial charge in [0.1, 0.15) is 11.5 Å². The molecule has 0 aromatic carbocycles. The second kappa shape index (κ2) is 6.25. The van der Waals surface area contributed by atoms with Gasteiger partial charge in [-0.05, 0) is 51.5 Å². The monoisotopic (exact) mass is 353 g/mol. The fraction of sp³-hybridized carbons (Fsp3) is 0.650. The van der Waals surface area contributed by atoms with Gasteiger partial charge in [0.05, 0.1) is 6.04 Å². The van der Waals surface area contributed by atoms with Gasteiger partial charge in [-0.3, -0.25) is 9.89 Å². The van der Waals surface area contributed by atoms with Gasteiger partial charge in [0.2, 0.25) is 0 Å². The van der Waals surface area contributed by atoms with Crippen LogP contribution in [0.5, 0.6) is 0 Å². The lowest BCUT2D eigenvalue weighted by molar-refractivity contribution is 0.0669. The molecule has 6 nitrogen and oxygen atoms in total. The van der Waals surface area contributed by atoms with Gasteiger partial charge in [-0.25, -0.2) is 4.98 Å². The average molecular weight is 353 g/mol. The molecule has 1 saturated heterocycles. The van der Waals surface area contributed by atoms with Gasteiger partial charge in [0.15, 0.2) is 0 Å². The number of aromatic amines is 1. The molecule has 0 spiro atoms. The quantitative estimate of drug-likeness (QED) is 0.914. The molecule has 6 heteroatoms. The van der Waals surface area contributed by atoms with E-state index >= 15 is 0 Å². The normalized spacial score (nSPS) is 23.9. The SMILES string of the molecule is Cc1cnc(C2CCC2)n1C1CCCN(C(=O)c2cc(C3CC3)[nH]n2)C1. The van der Waals surface area contributed by atoms with Crippen molar-refractivity contribution in [1.29, 1.82) is 0 Å². The van der Waals surface area contributed by atoms with Crippen molar-refractivity contribution >= 4 is 5.91 Å². The van der Waals surface area contributed by atoms with Crippen LogP contribution in [-0.4, -0.2) is 43.6 Å². The summed E-state index contributed by atoms with van der Waals surface area (Å²) in [6.45, 7) is 3.74. The zero-order valence-corrected chi connectivity index (χ0v) is 15.4. The van der Waals surface area contributed by atoms with Crippen LogP contribution in [0.2, 0.25) is 0 Å². The first-order valence-corrected chi connectivity index (χ1v) is 10.1. The highest BCUT2D eigenvalue weighted by Crippen LogP contribution is 2.40. The summed E-state index contributed by atoms with van der Waals surface area (Å²) >= 11 is 0. The smallest absolute Gasteiger partial charge is 0.274 e. The molecule has 3 heterocycles. The van der Waals surface area contributed by atoms with Gasteiger partial charge >= 0.3 is 0 Å². The Hall–Kier alpha value is -2.11. The van der Waals surface area contributed by atoms with E-state index in [9.17, 15) is 4.79 Å². The number of likely N-dealkylation sites (tertiary alicyclic amines) is 1. The molecule has 138 valence electrons. The largest absolute Gasteiger partial charge is 0.335 e. The molecular weight excluding hydrogens is 326 g/mol. The highest BCUT2D eigenvalue weighted by Gasteiger charge is 2.33. The van der Waals surface area contributed by atoms with Gasteiger partial charge in [0, 0.05) is 42.5 Å². The molecular formula is C20H27N5O. The Bertz CT molecular complexity index is 814. The second-order valence-corrected chi connectivity index (χ2v) is 8.29. The molecule has 0 radical (unpaired) electrons. The van der Waals surface area contributed by atoms with E-state index in [0.29, 0.717) is 23.6 Å². The number of rotatable bonds is 4. The van der Waals surface area contributed by atoms with E-state index in [4.69, 9.17) is 4.98 Å². The predicted molar refractivity (Wildman–Crippen MR) is 98.3 cm³/mol. The van der Waals surface area contributed by atoms with Gasteiger partial charge in [-0.1, -0.05) is 6.42 Å². The van der Waals surface area contributed by atoms with Gasteiger partial charge in [0.25, 0.3) is 5.91 Å². The molecule has 3 aliphatic rings. The van der Waals surface area contributed by atoms with E-state index in [1.54, 1.807) is 0 Å². The zero-order valence-electron chi connectivity index (χ0n) is 15.4. The molecule has 2 aliphatic carbocycles. The fourth-order valence-electron chi connectivity index (χ4n) is 4.47. The summed E-state index contributed by atoms with van der Waals surface area (Å²) in [5.41, 5.74) is 2.93. The molecule has 1 aliphatic heterocycles. The first-order valence-electron chi connectivity index (χ1n) is 10.1. The molecule has 1 unspecified atom stereocenters. The minimum atomic E-state index is 0.0702. The third-order valence-corrected chi connectivity index (χ3v) is 6.36. The van der Waals surface area contributed by atoms with Gasteiger partial charge < -0.3 is 9.47 Å². The summed E-state index contributed by atoms with van der Waals surface area (Å²) < 4.78 is 2.42. The Morgan fingerprint density at radius 1 is 1.15 bits per heavy atom. The van der Waals surface area contributed by atoms with Crippen molar-refractivity contribution in [2.75, 3.05) is 13.1 Å². The number of aryl methyl sites for hydroxylation is 1. The molecule has 1 amide bonds. The highest BCUT2D eigenvalue weighted by molar-refractivity contribution is 5.92. The molecule has 2 aromatic rings. The minimum absolute atomic E-state index is 0.0702. The summed E-state index contributed by atoms with van der Waals surface area (Å²) in [6.07, 6.45) is 10.4. The van der Waals surface area contributed by atoms with E-state index in [1.807, 2.05) is 17.2 Å². The molecule has 0 bridgehead atoms. The van der Waals surface area contributed by atoms with Crippen LogP contribution in [0, 0.1) is 6.92 Å². The minimum Gasteiger partial charge on any atom is -0.335 e. The lowest BCUT2D eigenvalue weighted by Gasteiger charge is -2.36. The van der Waals surface area contributed by atoms with Crippen molar-refractivity contribution in [2.24, 2.45) is 0 Å².